The molecular formula is C13H18N2O3S. The fourth-order valence-corrected chi connectivity index (χ4v) is 3.87. The van der Waals surface area contributed by atoms with E-state index in [1.165, 1.54) is 5.56 Å². The van der Waals surface area contributed by atoms with Crippen LogP contribution in [0.3, 0.4) is 0 Å². The molecule has 19 heavy (non-hydrogen) atoms. The number of ether oxygens (including phenoxy) is 1. The molecule has 2 N–H and O–H groups in total. The van der Waals surface area contributed by atoms with Gasteiger partial charge in [0, 0.05) is 31.5 Å². The lowest BCUT2D eigenvalue weighted by Crippen LogP contribution is -2.38. The van der Waals surface area contributed by atoms with E-state index in [9.17, 15) is 8.42 Å². The molecular weight excluding hydrogens is 264 g/mol. The Morgan fingerprint density at radius 2 is 2.05 bits per heavy atom. The van der Waals surface area contributed by atoms with Crippen molar-refractivity contribution in [1.29, 1.82) is 0 Å². The van der Waals surface area contributed by atoms with Crippen molar-refractivity contribution in [1.82, 2.24) is 4.72 Å². The van der Waals surface area contributed by atoms with Gasteiger partial charge in [0.1, 0.15) is 0 Å². The zero-order valence-corrected chi connectivity index (χ0v) is 11.5. The van der Waals surface area contributed by atoms with Crippen molar-refractivity contribution in [2.45, 2.75) is 30.2 Å². The third-order valence-electron chi connectivity index (χ3n) is 3.64. The van der Waals surface area contributed by atoms with Crippen LogP contribution in [0.2, 0.25) is 0 Å². The number of hydrogen-bond acceptors (Lipinski definition) is 4. The van der Waals surface area contributed by atoms with E-state index in [1.807, 2.05) is 6.07 Å². The van der Waals surface area contributed by atoms with Gasteiger partial charge in [-0.2, -0.15) is 0 Å². The summed E-state index contributed by atoms with van der Waals surface area (Å²) in [4.78, 5) is 0.340. The SMILES string of the molecule is O=S(=O)(NC1CCOCC1)c1ccc2c(c1)NCC2. The van der Waals surface area contributed by atoms with E-state index < -0.39 is 10.0 Å². The van der Waals surface area contributed by atoms with Crippen LogP contribution >= 0.6 is 0 Å². The number of fused-ring (bicyclic) bond motifs is 1. The molecule has 0 unspecified atom stereocenters. The minimum atomic E-state index is -3.43. The van der Waals surface area contributed by atoms with Crippen LogP contribution in [0.5, 0.6) is 0 Å². The molecule has 1 fully saturated rings. The highest BCUT2D eigenvalue weighted by Crippen LogP contribution is 2.25. The molecule has 2 aliphatic rings. The van der Waals surface area contributed by atoms with Crippen molar-refractivity contribution in [3.05, 3.63) is 23.8 Å². The van der Waals surface area contributed by atoms with Crippen LogP contribution in [0.25, 0.3) is 0 Å². The Balaban J connectivity index is 1.79. The topological polar surface area (TPSA) is 67.4 Å². The number of hydrogen-bond donors (Lipinski definition) is 2. The largest absolute Gasteiger partial charge is 0.384 e. The molecule has 104 valence electrons. The monoisotopic (exact) mass is 282 g/mol. The van der Waals surface area contributed by atoms with Crippen LogP contribution in [0, 0.1) is 0 Å². The Bertz CT molecular complexity index is 565. The quantitative estimate of drug-likeness (QED) is 0.871. The van der Waals surface area contributed by atoms with Crippen LogP contribution < -0.4 is 10.0 Å². The first kappa shape index (κ1) is 12.9. The number of sulfonamides is 1. The van der Waals surface area contributed by atoms with Gasteiger partial charge in [-0.1, -0.05) is 6.07 Å². The standard InChI is InChI=1S/C13H18N2O3S/c16-19(17,15-11-4-7-18-8-5-11)12-2-1-10-3-6-14-13(10)9-12/h1-2,9,11,14-15H,3-8H2. The summed E-state index contributed by atoms with van der Waals surface area (Å²) in [6.07, 6.45) is 2.44. The molecule has 2 heterocycles. The molecule has 0 atom stereocenters. The van der Waals surface area contributed by atoms with Gasteiger partial charge in [0.25, 0.3) is 0 Å². The Kier molecular flexibility index (Phi) is 3.47. The summed E-state index contributed by atoms with van der Waals surface area (Å²) < 4.78 is 32.6. The summed E-state index contributed by atoms with van der Waals surface area (Å²) in [6.45, 7) is 2.13. The number of nitrogens with one attached hydrogen (secondary N) is 2. The molecule has 0 aliphatic carbocycles. The van der Waals surface area contributed by atoms with Gasteiger partial charge in [-0.3, -0.25) is 0 Å². The highest BCUT2D eigenvalue weighted by molar-refractivity contribution is 7.89. The van der Waals surface area contributed by atoms with Gasteiger partial charge >= 0.3 is 0 Å². The van der Waals surface area contributed by atoms with E-state index in [-0.39, 0.29) is 6.04 Å². The second-order valence-corrected chi connectivity index (χ2v) is 6.72. The summed E-state index contributed by atoms with van der Waals surface area (Å²) in [5.74, 6) is 0. The first-order valence-electron chi connectivity index (χ1n) is 6.62. The zero-order valence-electron chi connectivity index (χ0n) is 10.7. The molecule has 0 radical (unpaired) electrons. The first-order valence-corrected chi connectivity index (χ1v) is 8.10. The van der Waals surface area contributed by atoms with Crippen molar-refractivity contribution in [3.63, 3.8) is 0 Å². The lowest BCUT2D eigenvalue weighted by Gasteiger charge is -2.23. The highest BCUT2D eigenvalue weighted by Gasteiger charge is 2.23. The first-order chi connectivity index (χ1) is 9.15. The van der Waals surface area contributed by atoms with Crippen molar-refractivity contribution in [3.8, 4) is 0 Å². The van der Waals surface area contributed by atoms with Crippen molar-refractivity contribution in [2.75, 3.05) is 25.1 Å². The molecule has 0 amide bonds. The third kappa shape index (κ3) is 2.75. The minimum absolute atomic E-state index is 0.0139. The lowest BCUT2D eigenvalue weighted by atomic mass is 10.1. The van der Waals surface area contributed by atoms with Crippen LogP contribution in [0.15, 0.2) is 23.1 Å². The second kappa shape index (κ2) is 5.11. The molecule has 3 rings (SSSR count). The molecule has 0 aromatic heterocycles. The second-order valence-electron chi connectivity index (χ2n) is 5.00. The molecule has 5 nitrogen and oxygen atoms in total. The van der Waals surface area contributed by atoms with E-state index in [0.717, 1.165) is 31.5 Å². The summed E-state index contributed by atoms with van der Waals surface area (Å²) in [5.41, 5.74) is 2.12. The molecule has 6 heteroatoms. The van der Waals surface area contributed by atoms with Gasteiger partial charge in [0.15, 0.2) is 0 Å². The molecule has 1 aromatic rings. The van der Waals surface area contributed by atoms with Gasteiger partial charge < -0.3 is 10.1 Å². The van der Waals surface area contributed by atoms with Gasteiger partial charge in [0.05, 0.1) is 4.90 Å². The summed E-state index contributed by atoms with van der Waals surface area (Å²) in [6, 6.07) is 5.30. The molecule has 0 bridgehead atoms. The van der Waals surface area contributed by atoms with E-state index in [2.05, 4.69) is 10.0 Å². The van der Waals surface area contributed by atoms with Crippen molar-refractivity contribution >= 4 is 15.7 Å². The molecule has 2 aliphatic heterocycles. The van der Waals surface area contributed by atoms with Gasteiger partial charge in [-0.05, 0) is 37.0 Å². The Labute approximate surface area is 113 Å². The van der Waals surface area contributed by atoms with Crippen molar-refractivity contribution in [2.24, 2.45) is 0 Å². The third-order valence-corrected chi connectivity index (χ3v) is 5.16. The molecule has 0 spiro atoms. The van der Waals surface area contributed by atoms with Crippen LogP contribution in [0.1, 0.15) is 18.4 Å². The van der Waals surface area contributed by atoms with Crippen molar-refractivity contribution < 1.29 is 13.2 Å². The van der Waals surface area contributed by atoms with E-state index >= 15 is 0 Å². The predicted octanol–water partition coefficient (Wildman–Crippen LogP) is 1.11. The smallest absolute Gasteiger partial charge is 0.240 e. The summed E-state index contributed by atoms with van der Waals surface area (Å²) in [5, 5.41) is 3.20. The van der Waals surface area contributed by atoms with E-state index in [4.69, 9.17) is 4.74 Å². The lowest BCUT2D eigenvalue weighted by molar-refractivity contribution is 0.0832. The van der Waals surface area contributed by atoms with E-state index in [1.54, 1.807) is 12.1 Å². The molecule has 0 saturated carbocycles. The molecule has 1 aromatic carbocycles. The van der Waals surface area contributed by atoms with Gasteiger partial charge in [0.2, 0.25) is 10.0 Å². The predicted molar refractivity (Wildman–Crippen MR) is 72.8 cm³/mol. The maximum atomic E-state index is 12.3. The van der Waals surface area contributed by atoms with E-state index in [0.29, 0.717) is 18.1 Å². The average molecular weight is 282 g/mol. The van der Waals surface area contributed by atoms with Gasteiger partial charge in [-0.25, -0.2) is 13.1 Å². The zero-order chi connectivity index (χ0) is 13.3. The maximum Gasteiger partial charge on any atom is 0.240 e. The fourth-order valence-electron chi connectivity index (χ4n) is 2.54. The summed E-state index contributed by atoms with van der Waals surface area (Å²) in [7, 11) is -3.43. The number of rotatable bonds is 3. The Morgan fingerprint density at radius 3 is 2.84 bits per heavy atom. The fraction of sp³-hybridized carbons (Fsp3) is 0.538. The minimum Gasteiger partial charge on any atom is -0.384 e. The van der Waals surface area contributed by atoms with Crippen LogP contribution in [-0.4, -0.2) is 34.2 Å². The van der Waals surface area contributed by atoms with Crippen LogP contribution in [-0.2, 0) is 21.2 Å². The number of anilines is 1. The Morgan fingerprint density at radius 1 is 1.26 bits per heavy atom. The normalized spacial score (nSPS) is 20.0. The van der Waals surface area contributed by atoms with Gasteiger partial charge in [-0.15, -0.1) is 0 Å². The number of benzene rings is 1. The average Bonchev–Trinajstić information content (AvgIpc) is 2.86. The molecule has 1 saturated heterocycles. The van der Waals surface area contributed by atoms with Crippen LogP contribution in [0.4, 0.5) is 5.69 Å². The summed E-state index contributed by atoms with van der Waals surface area (Å²) >= 11 is 0. The highest BCUT2D eigenvalue weighted by atomic mass is 32.2. The maximum absolute atomic E-state index is 12.3. The Hall–Kier alpha value is -1.11.